The number of carbonyl (C=O) groups excluding carboxylic acids is 1. The zero-order valence-corrected chi connectivity index (χ0v) is 11.6. The van der Waals surface area contributed by atoms with Crippen molar-refractivity contribution >= 4 is 23.1 Å². The second-order valence-electron chi connectivity index (χ2n) is 3.89. The van der Waals surface area contributed by atoms with E-state index < -0.39 is 0 Å². The predicted molar refractivity (Wildman–Crippen MR) is 70.8 cm³/mol. The first-order valence-corrected chi connectivity index (χ1v) is 5.76. The van der Waals surface area contributed by atoms with Crippen molar-refractivity contribution in [3.05, 3.63) is 69.2 Å². The van der Waals surface area contributed by atoms with Gasteiger partial charge in [0, 0.05) is 22.2 Å². The minimum Gasteiger partial charge on any atom is -1.00 e. The number of diazo groups is 1. The number of nitrogens with zero attached hydrogens (tertiary/aromatic N) is 2. The Kier molecular flexibility index (Phi) is 5.05. The summed E-state index contributed by atoms with van der Waals surface area (Å²) in [6.07, 6.45) is 0. The average molecular weight is 293 g/mol. The van der Waals surface area contributed by atoms with Crippen LogP contribution in [0.15, 0.2) is 42.5 Å². The van der Waals surface area contributed by atoms with E-state index in [2.05, 4.69) is 4.98 Å². The quantitative estimate of drug-likeness (QED) is 0.620. The maximum absolute atomic E-state index is 12.3. The van der Waals surface area contributed by atoms with Crippen molar-refractivity contribution in [2.45, 2.75) is 6.92 Å². The van der Waals surface area contributed by atoms with Gasteiger partial charge in [-0.25, -0.2) is 0 Å². The molecule has 0 N–H and O–H groups in total. The van der Waals surface area contributed by atoms with Crippen LogP contribution in [0.3, 0.4) is 0 Å². The van der Waals surface area contributed by atoms with Crippen molar-refractivity contribution in [3.8, 4) is 0 Å². The van der Waals surface area contributed by atoms with E-state index >= 15 is 0 Å². The first kappa shape index (κ1) is 15.2. The van der Waals surface area contributed by atoms with Crippen molar-refractivity contribution < 1.29 is 17.2 Å². The lowest BCUT2D eigenvalue weighted by Gasteiger charge is -2.03. The topological polar surface area (TPSA) is 45.2 Å². The number of halogens is 2. The van der Waals surface area contributed by atoms with Crippen molar-refractivity contribution in [1.29, 1.82) is 5.39 Å². The highest BCUT2D eigenvalue weighted by molar-refractivity contribution is 6.30. The van der Waals surface area contributed by atoms with E-state index in [9.17, 15) is 4.79 Å². The smallest absolute Gasteiger partial charge is 0.388 e. The number of benzene rings is 2. The van der Waals surface area contributed by atoms with Crippen molar-refractivity contribution in [3.63, 3.8) is 0 Å². The third-order valence-electron chi connectivity index (χ3n) is 2.76. The largest absolute Gasteiger partial charge is 1.00 e. The normalized spacial score (nSPS) is 9.32. The first-order chi connectivity index (χ1) is 8.63. The molecule has 3 nitrogen and oxygen atoms in total. The van der Waals surface area contributed by atoms with Crippen LogP contribution in [0, 0.1) is 12.3 Å². The van der Waals surface area contributed by atoms with Gasteiger partial charge in [0.05, 0.1) is 5.56 Å². The Hall–Kier alpha value is -1.89. The van der Waals surface area contributed by atoms with Gasteiger partial charge in [-0.3, -0.25) is 4.79 Å². The van der Waals surface area contributed by atoms with E-state index in [1.54, 1.807) is 49.4 Å². The Bertz CT molecular complexity index is 645. The molecule has 2 aromatic rings. The average Bonchev–Trinajstić information content (AvgIpc) is 2.39. The molecular weight excluding hydrogens is 283 g/mol. The van der Waals surface area contributed by atoms with Gasteiger partial charge in [0.25, 0.3) is 0 Å². The molecule has 0 saturated heterocycles. The van der Waals surface area contributed by atoms with Crippen LogP contribution in [0.5, 0.6) is 0 Å². The highest BCUT2D eigenvalue weighted by Crippen LogP contribution is 2.24. The van der Waals surface area contributed by atoms with Crippen LogP contribution in [0.4, 0.5) is 5.69 Å². The maximum Gasteiger partial charge on any atom is 0.388 e. The third-order valence-corrected chi connectivity index (χ3v) is 3.02. The molecule has 0 aliphatic rings. The van der Waals surface area contributed by atoms with Crippen LogP contribution in [0.25, 0.3) is 4.98 Å². The highest BCUT2D eigenvalue weighted by Gasteiger charge is 2.18. The van der Waals surface area contributed by atoms with Crippen LogP contribution < -0.4 is 12.4 Å². The molecule has 0 fully saturated rings. The monoisotopic (exact) mass is 292 g/mol. The van der Waals surface area contributed by atoms with Crippen molar-refractivity contribution in [1.82, 2.24) is 0 Å². The summed E-state index contributed by atoms with van der Waals surface area (Å²) in [4.78, 5) is 15.4. The number of hydrogen-bond donors (Lipinski definition) is 0. The summed E-state index contributed by atoms with van der Waals surface area (Å²) >= 11 is 5.78. The van der Waals surface area contributed by atoms with E-state index in [0.717, 1.165) is 0 Å². The Labute approximate surface area is 122 Å². The molecule has 0 saturated carbocycles. The Balaban J connectivity index is 0.00000180. The number of ketones is 1. The lowest BCUT2D eigenvalue weighted by Crippen LogP contribution is -3.00. The molecule has 96 valence electrons. The van der Waals surface area contributed by atoms with E-state index in [1.807, 2.05) is 0 Å². The first-order valence-electron chi connectivity index (χ1n) is 5.38. The second kappa shape index (κ2) is 6.33. The molecule has 0 aromatic heterocycles. The summed E-state index contributed by atoms with van der Waals surface area (Å²) in [5, 5.41) is 9.41. The molecule has 2 rings (SSSR count). The van der Waals surface area contributed by atoms with Crippen LogP contribution in [0.2, 0.25) is 5.02 Å². The second-order valence-corrected chi connectivity index (χ2v) is 4.32. The predicted octanol–water partition coefficient (Wildman–Crippen LogP) is 1.37. The van der Waals surface area contributed by atoms with Gasteiger partial charge < -0.3 is 12.4 Å². The van der Waals surface area contributed by atoms with E-state index in [4.69, 9.17) is 17.0 Å². The Morgan fingerprint density at radius 3 is 2.37 bits per heavy atom. The van der Waals surface area contributed by atoms with Gasteiger partial charge in [-0.1, -0.05) is 23.7 Å². The van der Waals surface area contributed by atoms with Crippen LogP contribution in [0.1, 0.15) is 21.5 Å². The fourth-order valence-electron chi connectivity index (χ4n) is 1.73. The summed E-state index contributed by atoms with van der Waals surface area (Å²) in [6, 6.07) is 11.7. The van der Waals surface area contributed by atoms with Gasteiger partial charge in [-0.2, -0.15) is 0 Å². The lowest BCUT2D eigenvalue weighted by atomic mass is 9.98. The third kappa shape index (κ3) is 3.11. The van der Waals surface area contributed by atoms with Crippen molar-refractivity contribution in [2.75, 3.05) is 0 Å². The molecule has 2 aromatic carbocycles. The zero-order valence-electron chi connectivity index (χ0n) is 10.1. The fraction of sp³-hybridized carbons (Fsp3) is 0.0714. The minimum atomic E-state index is -0.116. The zero-order chi connectivity index (χ0) is 13.1. The van der Waals surface area contributed by atoms with Gasteiger partial charge >= 0.3 is 5.69 Å². The maximum atomic E-state index is 12.3. The number of rotatable bonds is 2. The molecule has 0 atom stereocenters. The Morgan fingerprint density at radius 2 is 1.79 bits per heavy atom. The standard InChI is InChI=1S/C14H10ClN2O.ClH/c1-9-12(3-2-4-13(9)17-16)14(18)10-5-7-11(15)8-6-10;/h2-8H,1H3;1H/q+1;/p-1. The molecule has 0 unspecified atom stereocenters. The van der Waals surface area contributed by atoms with Crippen LogP contribution in [-0.4, -0.2) is 5.78 Å². The molecule has 0 spiro atoms. The summed E-state index contributed by atoms with van der Waals surface area (Å²) in [7, 11) is 0. The molecule has 0 aliphatic heterocycles. The van der Waals surface area contributed by atoms with Crippen molar-refractivity contribution in [2.24, 2.45) is 0 Å². The molecule has 0 amide bonds. The van der Waals surface area contributed by atoms with Gasteiger partial charge in [0.15, 0.2) is 10.8 Å². The summed E-state index contributed by atoms with van der Waals surface area (Å²) in [5.41, 5.74) is 2.12. The van der Waals surface area contributed by atoms with E-state index in [0.29, 0.717) is 27.4 Å². The fourth-order valence-corrected chi connectivity index (χ4v) is 1.86. The molecule has 0 heterocycles. The molecule has 0 aliphatic carbocycles. The van der Waals surface area contributed by atoms with Gasteiger partial charge in [0.1, 0.15) is 0 Å². The number of hydrogen-bond acceptors (Lipinski definition) is 2. The minimum absolute atomic E-state index is 0. The Morgan fingerprint density at radius 1 is 1.16 bits per heavy atom. The molecule has 0 radical (unpaired) electrons. The SMILES string of the molecule is Cc1c([N+]#N)cccc1C(=O)c1ccc(Cl)cc1.[Cl-]. The highest BCUT2D eigenvalue weighted by atomic mass is 35.5. The molecule has 0 bridgehead atoms. The number of carbonyl (C=O) groups is 1. The molecule has 19 heavy (non-hydrogen) atoms. The van der Waals surface area contributed by atoms with Crippen LogP contribution in [-0.2, 0) is 0 Å². The van der Waals surface area contributed by atoms with Crippen LogP contribution >= 0.6 is 11.6 Å². The van der Waals surface area contributed by atoms with E-state index in [-0.39, 0.29) is 18.2 Å². The van der Waals surface area contributed by atoms with Gasteiger partial charge in [0.2, 0.25) is 5.39 Å². The van der Waals surface area contributed by atoms with Gasteiger partial charge in [-0.15, -0.1) is 0 Å². The summed E-state index contributed by atoms with van der Waals surface area (Å²) < 4.78 is 0. The summed E-state index contributed by atoms with van der Waals surface area (Å²) in [6.45, 7) is 1.75. The lowest BCUT2D eigenvalue weighted by molar-refractivity contribution is -0.0000111. The van der Waals surface area contributed by atoms with E-state index in [1.165, 1.54) is 0 Å². The molecular formula is C14H10Cl2N2O. The van der Waals surface area contributed by atoms with Gasteiger partial charge in [-0.05, 0) is 31.2 Å². The summed E-state index contributed by atoms with van der Waals surface area (Å²) in [5.74, 6) is -0.116. The molecule has 5 heteroatoms.